The molecule has 1 atom stereocenters. The molecule has 1 unspecified atom stereocenters. The molecule has 2 aliphatic heterocycles. The molecule has 6 nitrogen and oxygen atoms in total. The highest BCUT2D eigenvalue weighted by molar-refractivity contribution is 6.03. The van der Waals surface area contributed by atoms with E-state index in [1.165, 1.54) is 12.1 Å². The minimum Gasteiger partial charge on any atom is -0.496 e. The van der Waals surface area contributed by atoms with E-state index in [0.717, 1.165) is 46.5 Å². The van der Waals surface area contributed by atoms with Gasteiger partial charge in [0.15, 0.2) is 5.84 Å². The number of benzene rings is 2. The van der Waals surface area contributed by atoms with Crippen molar-refractivity contribution in [1.82, 2.24) is 9.88 Å². The van der Waals surface area contributed by atoms with E-state index in [-0.39, 0.29) is 12.4 Å². The third-order valence-electron chi connectivity index (χ3n) is 6.37. The lowest BCUT2D eigenvalue weighted by Gasteiger charge is -2.38. The van der Waals surface area contributed by atoms with Gasteiger partial charge in [-0.05, 0) is 85.0 Å². The molecule has 3 aromatic rings. The van der Waals surface area contributed by atoms with Gasteiger partial charge in [-0.1, -0.05) is 17.3 Å². The summed E-state index contributed by atoms with van der Waals surface area (Å²) in [6, 6.07) is 16.1. The highest BCUT2D eigenvalue weighted by Crippen LogP contribution is 2.40. The maximum Gasteiger partial charge on any atom is 0.260 e. The number of halogens is 1. The van der Waals surface area contributed by atoms with Gasteiger partial charge in [-0.2, -0.15) is 0 Å². The summed E-state index contributed by atoms with van der Waals surface area (Å²) in [5, 5.41) is 14.7. The van der Waals surface area contributed by atoms with Gasteiger partial charge in [0.1, 0.15) is 18.2 Å². The Labute approximate surface area is 198 Å². The van der Waals surface area contributed by atoms with Crippen LogP contribution in [0.3, 0.4) is 0 Å². The van der Waals surface area contributed by atoms with Gasteiger partial charge in [-0.15, -0.1) is 0 Å². The lowest BCUT2D eigenvalue weighted by molar-refractivity contribution is -0.137. The number of piperidine rings is 1. The zero-order chi connectivity index (χ0) is 23.7. The number of amidine groups is 1. The van der Waals surface area contributed by atoms with Crippen molar-refractivity contribution in [2.45, 2.75) is 25.5 Å². The molecular formula is C27H26FN3O3. The lowest BCUT2D eigenvalue weighted by atomic mass is 9.94. The second-order valence-electron chi connectivity index (χ2n) is 8.53. The molecule has 2 aromatic carbocycles. The minimum absolute atomic E-state index is 0.299. The van der Waals surface area contributed by atoms with Gasteiger partial charge < -0.3 is 19.6 Å². The van der Waals surface area contributed by atoms with Crippen LogP contribution in [-0.4, -0.2) is 41.1 Å². The quantitative estimate of drug-likeness (QED) is 0.590. The zero-order valence-electron chi connectivity index (χ0n) is 19.2. The van der Waals surface area contributed by atoms with Crippen LogP contribution in [0.15, 0.2) is 71.5 Å². The second-order valence-corrected chi connectivity index (χ2v) is 8.53. The topological polar surface area (TPSA) is 67.2 Å². The van der Waals surface area contributed by atoms with E-state index in [9.17, 15) is 9.50 Å². The molecule has 1 fully saturated rings. The predicted octanol–water partition coefficient (Wildman–Crippen LogP) is 4.87. The Bertz CT molecular complexity index is 1270. The molecule has 34 heavy (non-hydrogen) atoms. The summed E-state index contributed by atoms with van der Waals surface area (Å²) >= 11 is 0. The first-order chi connectivity index (χ1) is 16.5. The van der Waals surface area contributed by atoms with E-state index in [4.69, 9.17) is 9.57 Å². The van der Waals surface area contributed by atoms with Crippen LogP contribution in [0.5, 0.6) is 5.75 Å². The van der Waals surface area contributed by atoms with Crippen molar-refractivity contribution < 1.29 is 19.1 Å². The van der Waals surface area contributed by atoms with Crippen LogP contribution in [0, 0.1) is 12.7 Å². The minimum atomic E-state index is -1.15. The number of methoxy groups -OCH3 is 1. The number of aromatic nitrogens is 1. The molecule has 0 saturated carbocycles. The van der Waals surface area contributed by atoms with E-state index in [1.54, 1.807) is 25.4 Å². The van der Waals surface area contributed by atoms with Gasteiger partial charge in [-0.25, -0.2) is 4.39 Å². The number of oxime groups is 1. The first kappa shape index (κ1) is 22.1. The molecule has 0 aliphatic carbocycles. The van der Waals surface area contributed by atoms with E-state index >= 15 is 0 Å². The van der Waals surface area contributed by atoms with Crippen molar-refractivity contribution in [3.8, 4) is 16.9 Å². The molecule has 0 radical (unpaired) electrons. The highest BCUT2D eigenvalue weighted by Gasteiger charge is 2.49. The van der Waals surface area contributed by atoms with Crippen molar-refractivity contribution in [3.63, 3.8) is 0 Å². The molecule has 2 aliphatic rings. The summed E-state index contributed by atoms with van der Waals surface area (Å²) < 4.78 is 19.2. The van der Waals surface area contributed by atoms with Gasteiger partial charge in [0, 0.05) is 29.6 Å². The van der Waals surface area contributed by atoms with Gasteiger partial charge in [0.05, 0.1) is 7.11 Å². The van der Waals surface area contributed by atoms with E-state index < -0.39 is 5.72 Å². The van der Waals surface area contributed by atoms with Gasteiger partial charge in [-0.3, -0.25) is 4.98 Å². The average Bonchev–Trinajstić information content (AvgIpc) is 3.25. The largest absolute Gasteiger partial charge is 0.496 e. The van der Waals surface area contributed by atoms with Gasteiger partial charge in [0.25, 0.3) is 5.72 Å². The zero-order valence-corrected chi connectivity index (χ0v) is 19.2. The fourth-order valence-electron chi connectivity index (χ4n) is 4.66. The number of nitrogens with zero attached hydrogens (tertiary/aromatic N) is 3. The molecule has 1 saturated heterocycles. The summed E-state index contributed by atoms with van der Waals surface area (Å²) in [6.45, 7) is 2.34. The molecule has 0 amide bonds. The molecule has 174 valence electrons. The lowest BCUT2D eigenvalue weighted by Crippen LogP contribution is -2.51. The van der Waals surface area contributed by atoms with Crippen LogP contribution in [-0.2, 0) is 10.6 Å². The molecule has 0 bridgehead atoms. The fourth-order valence-corrected chi connectivity index (χ4v) is 4.66. The summed E-state index contributed by atoms with van der Waals surface area (Å²) in [5.74, 6) is 1.13. The third-order valence-corrected chi connectivity index (χ3v) is 6.37. The van der Waals surface area contributed by atoms with Gasteiger partial charge >= 0.3 is 0 Å². The Morgan fingerprint density at radius 2 is 2.00 bits per heavy atom. The van der Waals surface area contributed by atoms with Gasteiger partial charge in [0.2, 0.25) is 0 Å². The van der Waals surface area contributed by atoms with Crippen LogP contribution in [0.1, 0.15) is 29.7 Å². The number of aliphatic hydroxyl groups is 1. The summed E-state index contributed by atoms with van der Waals surface area (Å²) in [6.07, 6.45) is 5.58. The molecule has 1 N–H and O–H groups in total. The van der Waals surface area contributed by atoms with E-state index in [2.05, 4.69) is 22.3 Å². The molecule has 0 spiro atoms. The Kier molecular flexibility index (Phi) is 5.79. The molecule has 3 heterocycles. The number of aliphatic hydroxyl groups excluding tert-OH is 1. The second kappa shape index (κ2) is 8.91. The van der Waals surface area contributed by atoms with Crippen molar-refractivity contribution in [2.75, 3.05) is 20.3 Å². The van der Waals surface area contributed by atoms with Crippen LogP contribution in [0.4, 0.5) is 4.39 Å². The number of rotatable bonds is 5. The first-order valence-electron chi connectivity index (χ1n) is 11.3. The number of ether oxygens (including phenoxy) is 1. The van der Waals surface area contributed by atoms with Crippen molar-refractivity contribution in [1.29, 1.82) is 0 Å². The number of hydrogen-bond donors (Lipinski definition) is 1. The van der Waals surface area contributed by atoms with Crippen molar-refractivity contribution >= 4 is 11.9 Å². The van der Waals surface area contributed by atoms with Crippen molar-refractivity contribution in [2.24, 2.45) is 5.16 Å². The number of aryl methyl sites for hydroxylation is 1. The van der Waals surface area contributed by atoms with Crippen LogP contribution in [0.25, 0.3) is 17.2 Å². The van der Waals surface area contributed by atoms with Crippen LogP contribution in [0.2, 0.25) is 0 Å². The van der Waals surface area contributed by atoms with E-state index in [0.29, 0.717) is 17.9 Å². The molecular weight excluding hydrogens is 433 g/mol. The Balaban J connectivity index is 1.47. The van der Waals surface area contributed by atoms with E-state index in [1.807, 2.05) is 36.1 Å². The molecule has 7 heteroatoms. The number of pyridine rings is 1. The summed E-state index contributed by atoms with van der Waals surface area (Å²) in [7, 11) is 1.67. The highest BCUT2D eigenvalue weighted by atomic mass is 19.1. The third kappa shape index (κ3) is 3.82. The maximum atomic E-state index is 13.5. The average molecular weight is 460 g/mol. The monoisotopic (exact) mass is 459 g/mol. The first-order valence-corrected chi connectivity index (χ1v) is 11.3. The van der Waals surface area contributed by atoms with Crippen LogP contribution < -0.4 is 4.74 Å². The predicted molar refractivity (Wildman–Crippen MR) is 129 cm³/mol. The van der Waals surface area contributed by atoms with Crippen LogP contribution >= 0.6 is 0 Å². The normalized spacial score (nSPS) is 20.6. The Hall–Kier alpha value is -3.71. The summed E-state index contributed by atoms with van der Waals surface area (Å²) in [5.41, 5.74) is 4.50. The smallest absolute Gasteiger partial charge is 0.260 e. The Morgan fingerprint density at radius 3 is 2.74 bits per heavy atom. The maximum absolute atomic E-state index is 13.5. The fraction of sp³-hybridized carbons (Fsp3) is 0.259. The number of fused-ring (bicyclic) bond motifs is 1. The summed E-state index contributed by atoms with van der Waals surface area (Å²) in [4.78, 5) is 12.1. The SMILES string of the molecule is COc1cc(/C=C2\CCCN3C2=NOC3(CO)c2ccc(F)cc2)ccc1-c1ccnc(C)c1. The standard InChI is InChI=1S/C27H26FN3O3/c1-18-14-20(11-12-29-18)24-10-5-19(16-25(24)33-2)15-21-4-3-13-31-26(21)30-34-27(31,17-32)22-6-8-23(28)9-7-22/h5-12,14-16,32H,3-4,13,17H2,1-2H3/b21-15+. The Morgan fingerprint density at radius 1 is 1.18 bits per heavy atom. The van der Waals surface area contributed by atoms with Crippen molar-refractivity contribution in [3.05, 3.63) is 89.0 Å². The number of hydrogen-bond acceptors (Lipinski definition) is 6. The molecule has 5 rings (SSSR count). The molecule has 1 aromatic heterocycles.